The SMILES string of the molecule is NC(=O)CC[C@H](NC(=O)OCc1ccccc1)C(=O)n1nnc2ccccc21. The van der Waals surface area contributed by atoms with E-state index in [1.54, 1.807) is 24.3 Å². The fraction of sp³-hybridized carbons (Fsp3) is 0.211. The maximum absolute atomic E-state index is 12.9. The second kappa shape index (κ2) is 8.76. The third kappa shape index (κ3) is 4.70. The Labute approximate surface area is 160 Å². The number of nitrogens with zero attached hydrogens (tertiary/aromatic N) is 3. The summed E-state index contributed by atoms with van der Waals surface area (Å²) in [4.78, 5) is 36.2. The van der Waals surface area contributed by atoms with Crippen molar-refractivity contribution in [2.24, 2.45) is 5.73 Å². The minimum Gasteiger partial charge on any atom is -0.445 e. The van der Waals surface area contributed by atoms with Crippen molar-refractivity contribution >= 4 is 28.9 Å². The van der Waals surface area contributed by atoms with Crippen LogP contribution in [-0.4, -0.2) is 38.9 Å². The lowest BCUT2D eigenvalue weighted by atomic mass is 10.1. The van der Waals surface area contributed by atoms with Gasteiger partial charge in [0.25, 0.3) is 5.91 Å². The molecule has 3 N–H and O–H groups in total. The number of carbonyl (C=O) groups is 3. The molecule has 0 saturated carbocycles. The number of rotatable bonds is 7. The molecule has 3 aromatic rings. The van der Waals surface area contributed by atoms with E-state index in [1.165, 1.54) is 0 Å². The molecule has 28 heavy (non-hydrogen) atoms. The predicted octanol–water partition coefficient (Wildman–Crippen LogP) is 1.63. The number of benzene rings is 2. The quantitative estimate of drug-likeness (QED) is 0.640. The highest BCUT2D eigenvalue weighted by atomic mass is 16.5. The zero-order valence-corrected chi connectivity index (χ0v) is 14.9. The fourth-order valence-electron chi connectivity index (χ4n) is 2.63. The van der Waals surface area contributed by atoms with Gasteiger partial charge in [0, 0.05) is 6.42 Å². The Morgan fingerprint density at radius 2 is 1.79 bits per heavy atom. The first-order chi connectivity index (χ1) is 13.5. The first kappa shape index (κ1) is 19.0. The maximum Gasteiger partial charge on any atom is 0.408 e. The average molecular weight is 381 g/mol. The molecule has 3 rings (SSSR count). The first-order valence-electron chi connectivity index (χ1n) is 8.65. The minimum absolute atomic E-state index is 0.0167. The molecule has 2 amide bonds. The number of hydrogen-bond acceptors (Lipinski definition) is 6. The Kier molecular flexibility index (Phi) is 5.95. The summed E-state index contributed by atoms with van der Waals surface area (Å²) >= 11 is 0. The molecule has 0 aliphatic heterocycles. The summed E-state index contributed by atoms with van der Waals surface area (Å²) in [7, 11) is 0. The summed E-state index contributed by atoms with van der Waals surface area (Å²) in [5, 5.41) is 10.3. The van der Waals surface area contributed by atoms with Gasteiger partial charge in [-0.3, -0.25) is 9.59 Å². The van der Waals surface area contributed by atoms with Gasteiger partial charge in [0.1, 0.15) is 18.2 Å². The molecule has 1 aromatic heterocycles. The molecule has 0 spiro atoms. The zero-order valence-electron chi connectivity index (χ0n) is 14.9. The van der Waals surface area contributed by atoms with Crippen molar-refractivity contribution in [3.8, 4) is 0 Å². The Morgan fingerprint density at radius 1 is 1.07 bits per heavy atom. The number of aromatic nitrogens is 3. The molecular weight excluding hydrogens is 362 g/mol. The molecule has 0 bridgehead atoms. The van der Waals surface area contributed by atoms with Crippen LogP contribution >= 0.6 is 0 Å². The Morgan fingerprint density at radius 3 is 2.54 bits per heavy atom. The smallest absolute Gasteiger partial charge is 0.408 e. The van der Waals surface area contributed by atoms with Crippen LogP contribution in [0.1, 0.15) is 23.2 Å². The first-order valence-corrected chi connectivity index (χ1v) is 8.65. The van der Waals surface area contributed by atoms with E-state index < -0.39 is 23.9 Å². The molecule has 1 atom stereocenters. The molecule has 0 saturated heterocycles. The summed E-state index contributed by atoms with van der Waals surface area (Å²) in [6, 6.07) is 15.0. The van der Waals surface area contributed by atoms with Gasteiger partial charge >= 0.3 is 6.09 Å². The van der Waals surface area contributed by atoms with E-state index in [0.717, 1.165) is 10.2 Å². The number of amides is 2. The van der Waals surface area contributed by atoms with Crippen LogP contribution in [0.3, 0.4) is 0 Å². The fourth-order valence-corrected chi connectivity index (χ4v) is 2.63. The summed E-state index contributed by atoms with van der Waals surface area (Å²) in [5.41, 5.74) is 7.03. The van der Waals surface area contributed by atoms with Crippen molar-refractivity contribution < 1.29 is 19.1 Å². The van der Waals surface area contributed by atoms with Crippen LogP contribution in [0.5, 0.6) is 0 Å². The monoisotopic (exact) mass is 381 g/mol. The lowest BCUT2D eigenvalue weighted by molar-refractivity contribution is -0.118. The van der Waals surface area contributed by atoms with E-state index in [0.29, 0.717) is 11.0 Å². The van der Waals surface area contributed by atoms with Crippen molar-refractivity contribution in [3.05, 3.63) is 60.2 Å². The van der Waals surface area contributed by atoms with Crippen LogP contribution in [0.2, 0.25) is 0 Å². The third-order valence-corrected chi connectivity index (χ3v) is 4.04. The van der Waals surface area contributed by atoms with Crippen LogP contribution in [-0.2, 0) is 16.1 Å². The second-order valence-corrected chi connectivity index (χ2v) is 6.09. The van der Waals surface area contributed by atoms with Gasteiger partial charge in [-0.1, -0.05) is 47.7 Å². The average Bonchev–Trinajstić information content (AvgIpc) is 3.14. The molecule has 9 heteroatoms. The molecule has 1 heterocycles. The van der Waals surface area contributed by atoms with Gasteiger partial charge in [-0.25, -0.2) is 4.79 Å². The van der Waals surface area contributed by atoms with Gasteiger partial charge in [0.2, 0.25) is 5.91 Å². The molecule has 9 nitrogen and oxygen atoms in total. The highest BCUT2D eigenvalue weighted by Gasteiger charge is 2.26. The van der Waals surface area contributed by atoms with Gasteiger partial charge in [0.15, 0.2) is 0 Å². The van der Waals surface area contributed by atoms with E-state index in [4.69, 9.17) is 10.5 Å². The summed E-state index contributed by atoms with van der Waals surface area (Å²) < 4.78 is 6.25. The lowest BCUT2D eigenvalue weighted by Crippen LogP contribution is -2.44. The number of nitrogens with one attached hydrogen (secondary N) is 1. The van der Waals surface area contributed by atoms with Gasteiger partial charge in [-0.15, -0.1) is 5.10 Å². The highest BCUT2D eigenvalue weighted by molar-refractivity contribution is 5.93. The number of alkyl carbamates (subject to hydrolysis) is 1. The van der Waals surface area contributed by atoms with Gasteiger partial charge in [-0.2, -0.15) is 4.68 Å². The lowest BCUT2D eigenvalue weighted by Gasteiger charge is -2.17. The summed E-state index contributed by atoms with van der Waals surface area (Å²) in [6.45, 7) is 0.0512. The van der Waals surface area contributed by atoms with Crippen LogP contribution in [0.25, 0.3) is 11.0 Å². The van der Waals surface area contributed by atoms with E-state index in [2.05, 4.69) is 15.6 Å². The van der Waals surface area contributed by atoms with Crippen molar-refractivity contribution in [1.82, 2.24) is 20.3 Å². The van der Waals surface area contributed by atoms with Crippen molar-refractivity contribution in [2.75, 3.05) is 0 Å². The van der Waals surface area contributed by atoms with Crippen molar-refractivity contribution in [2.45, 2.75) is 25.5 Å². The molecule has 2 aromatic carbocycles. The van der Waals surface area contributed by atoms with E-state index in [-0.39, 0.29) is 19.4 Å². The number of primary amides is 1. The Balaban J connectivity index is 1.71. The Hall–Kier alpha value is -3.75. The Bertz CT molecular complexity index is 986. The molecule has 0 aliphatic rings. The van der Waals surface area contributed by atoms with Crippen LogP contribution in [0.4, 0.5) is 4.79 Å². The zero-order chi connectivity index (χ0) is 19.9. The standard InChI is InChI=1S/C19H19N5O4/c20-17(25)11-10-15(21-19(27)28-12-13-6-2-1-3-7-13)18(26)24-16-9-5-4-8-14(16)22-23-24/h1-9,15H,10-12H2,(H2,20,25)(H,21,27)/t15-/m0/s1. The molecule has 0 aliphatic carbocycles. The highest BCUT2D eigenvalue weighted by Crippen LogP contribution is 2.12. The van der Waals surface area contributed by atoms with Crippen LogP contribution < -0.4 is 11.1 Å². The van der Waals surface area contributed by atoms with Crippen molar-refractivity contribution in [1.29, 1.82) is 0 Å². The summed E-state index contributed by atoms with van der Waals surface area (Å²) in [5.74, 6) is -1.12. The molecule has 0 unspecified atom stereocenters. The predicted molar refractivity (Wildman–Crippen MR) is 100 cm³/mol. The van der Waals surface area contributed by atoms with E-state index in [9.17, 15) is 14.4 Å². The molecule has 144 valence electrons. The van der Waals surface area contributed by atoms with E-state index in [1.807, 2.05) is 30.3 Å². The molecule has 0 radical (unpaired) electrons. The van der Waals surface area contributed by atoms with Crippen LogP contribution in [0.15, 0.2) is 54.6 Å². The maximum atomic E-state index is 12.9. The van der Waals surface area contributed by atoms with Gasteiger partial charge in [-0.05, 0) is 24.1 Å². The van der Waals surface area contributed by atoms with Crippen LogP contribution in [0, 0.1) is 0 Å². The number of nitrogens with two attached hydrogens (primary N) is 1. The number of fused-ring (bicyclic) bond motifs is 1. The number of hydrogen-bond donors (Lipinski definition) is 2. The number of carbonyl (C=O) groups excluding carboxylic acids is 3. The minimum atomic E-state index is -1.04. The third-order valence-electron chi connectivity index (χ3n) is 4.04. The topological polar surface area (TPSA) is 129 Å². The molecule has 0 fully saturated rings. The van der Waals surface area contributed by atoms with Gasteiger partial charge in [0.05, 0.1) is 5.52 Å². The largest absolute Gasteiger partial charge is 0.445 e. The number of para-hydroxylation sites is 1. The molecular formula is C19H19N5O4. The second-order valence-electron chi connectivity index (χ2n) is 6.09. The summed E-state index contributed by atoms with van der Waals surface area (Å²) in [6.07, 6.45) is -0.846. The normalized spacial score (nSPS) is 11.7. The van der Waals surface area contributed by atoms with E-state index >= 15 is 0 Å². The van der Waals surface area contributed by atoms with Gasteiger partial charge < -0.3 is 15.8 Å². The number of ether oxygens (including phenoxy) is 1. The van der Waals surface area contributed by atoms with Crippen molar-refractivity contribution in [3.63, 3.8) is 0 Å².